The lowest BCUT2D eigenvalue weighted by Gasteiger charge is -2.21. The van der Waals surface area contributed by atoms with Crippen molar-refractivity contribution in [2.75, 3.05) is 6.61 Å². The predicted octanol–water partition coefficient (Wildman–Crippen LogP) is 5.15. The van der Waals surface area contributed by atoms with Crippen molar-refractivity contribution in [2.45, 2.75) is 33.3 Å². The molecule has 0 bridgehead atoms. The van der Waals surface area contributed by atoms with Gasteiger partial charge in [-0.15, -0.1) is 11.3 Å². The van der Waals surface area contributed by atoms with E-state index in [2.05, 4.69) is 48.8 Å². The van der Waals surface area contributed by atoms with E-state index in [-0.39, 0.29) is 5.60 Å². The summed E-state index contributed by atoms with van der Waals surface area (Å²) in [5.41, 5.74) is 1.87. The van der Waals surface area contributed by atoms with Gasteiger partial charge in [-0.25, -0.2) is 4.98 Å². The summed E-state index contributed by atoms with van der Waals surface area (Å²) in [6.07, 6.45) is 0. The number of nitrogens with zero attached hydrogens (tertiary/aromatic N) is 1. The Balaban J connectivity index is 2.42. The molecule has 1 heterocycles. The minimum Gasteiger partial charge on any atom is -0.369 e. The molecule has 0 unspecified atom stereocenters. The fourth-order valence-corrected chi connectivity index (χ4v) is 3.37. The third-order valence-electron chi connectivity index (χ3n) is 2.91. The lowest BCUT2D eigenvalue weighted by Crippen LogP contribution is -2.21. The Bertz CT molecular complexity index is 577. The van der Waals surface area contributed by atoms with E-state index in [0.717, 1.165) is 20.7 Å². The Hall–Kier alpha value is -0.710. The number of hydrogen-bond acceptors (Lipinski definition) is 3. The van der Waals surface area contributed by atoms with Gasteiger partial charge in [0.2, 0.25) is 0 Å². The molecular weight excluding hydrogens is 322 g/mol. The third-order valence-corrected chi connectivity index (χ3v) is 4.68. The van der Waals surface area contributed by atoms with Gasteiger partial charge in [-0.3, -0.25) is 0 Å². The van der Waals surface area contributed by atoms with E-state index < -0.39 is 0 Å². The first-order valence-electron chi connectivity index (χ1n) is 6.32. The van der Waals surface area contributed by atoms with E-state index in [1.165, 1.54) is 4.88 Å². The van der Waals surface area contributed by atoms with Gasteiger partial charge in [-0.1, -0.05) is 28.1 Å². The summed E-state index contributed by atoms with van der Waals surface area (Å²) in [6, 6.07) is 8.24. The average molecular weight is 340 g/mol. The highest BCUT2D eigenvalue weighted by Gasteiger charge is 2.26. The molecule has 0 saturated carbocycles. The molecule has 2 aromatic rings. The summed E-state index contributed by atoms with van der Waals surface area (Å²) in [6.45, 7) is 8.95. The molecule has 0 atom stereocenters. The Labute approximate surface area is 127 Å². The van der Waals surface area contributed by atoms with Crippen LogP contribution in [0.1, 0.15) is 30.7 Å². The zero-order chi connectivity index (χ0) is 14.0. The van der Waals surface area contributed by atoms with Gasteiger partial charge < -0.3 is 4.74 Å². The normalized spacial score (nSPS) is 11.8. The maximum absolute atomic E-state index is 5.78. The quantitative estimate of drug-likeness (QED) is 0.768. The second-order valence-electron chi connectivity index (χ2n) is 4.88. The highest BCUT2D eigenvalue weighted by molar-refractivity contribution is 9.10. The summed E-state index contributed by atoms with van der Waals surface area (Å²) in [5, 5.41) is 1.03. The maximum atomic E-state index is 5.78. The van der Waals surface area contributed by atoms with Crippen LogP contribution in [0.5, 0.6) is 0 Å². The lowest BCUT2D eigenvalue weighted by molar-refractivity contribution is -0.0141. The van der Waals surface area contributed by atoms with Gasteiger partial charge in [0.15, 0.2) is 0 Å². The van der Waals surface area contributed by atoms with E-state index in [1.807, 2.05) is 19.1 Å². The smallest absolute Gasteiger partial charge is 0.125 e. The highest BCUT2D eigenvalue weighted by atomic mass is 79.9. The number of hydrogen-bond donors (Lipinski definition) is 0. The second kappa shape index (κ2) is 5.73. The van der Waals surface area contributed by atoms with Crippen molar-refractivity contribution >= 4 is 27.3 Å². The standard InChI is InChI=1S/C15H18BrNOS/c1-5-18-15(3,4)14-17-13(10(2)19-14)11-7-6-8-12(16)9-11/h6-9H,5H2,1-4H3. The van der Waals surface area contributed by atoms with Gasteiger partial charge in [0, 0.05) is 21.5 Å². The van der Waals surface area contributed by atoms with E-state index in [4.69, 9.17) is 9.72 Å². The molecule has 0 fully saturated rings. The number of thiazole rings is 1. The van der Waals surface area contributed by atoms with Crippen molar-refractivity contribution in [3.05, 3.63) is 38.6 Å². The molecule has 0 aliphatic carbocycles. The van der Waals surface area contributed by atoms with Crippen molar-refractivity contribution in [1.82, 2.24) is 4.98 Å². The minimum atomic E-state index is -0.325. The predicted molar refractivity (Wildman–Crippen MR) is 84.6 cm³/mol. The van der Waals surface area contributed by atoms with Gasteiger partial charge in [0.05, 0.1) is 5.69 Å². The van der Waals surface area contributed by atoms with Gasteiger partial charge in [0.1, 0.15) is 10.6 Å². The summed E-state index contributed by atoms with van der Waals surface area (Å²) >= 11 is 5.22. The molecule has 2 nitrogen and oxygen atoms in total. The van der Waals surface area contributed by atoms with E-state index in [9.17, 15) is 0 Å². The van der Waals surface area contributed by atoms with Gasteiger partial charge in [0.25, 0.3) is 0 Å². The molecule has 0 amide bonds. The Morgan fingerprint density at radius 2 is 2.11 bits per heavy atom. The first-order valence-corrected chi connectivity index (χ1v) is 7.93. The summed E-state index contributed by atoms with van der Waals surface area (Å²) in [4.78, 5) is 6.01. The van der Waals surface area contributed by atoms with Crippen molar-refractivity contribution in [3.63, 3.8) is 0 Å². The van der Waals surface area contributed by atoms with Crippen LogP contribution in [0.4, 0.5) is 0 Å². The Kier molecular flexibility index (Phi) is 4.43. The molecule has 0 aliphatic rings. The first kappa shape index (κ1) is 14.7. The van der Waals surface area contributed by atoms with Crippen LogP contribution in [0.15, 0.2) is 28.7 Å². The monoisotopic (exact) mass is 339 g/mol. The largest absolute Gasteiger partial charge is 0.369 e. The molecule has 0 radical (unpaired) electrons. The molecule has 1 aromatic heterocycles. The number of ether oxygens (including phenoxy) is 1. The van der Waals surface area contributed by atoms with Crippen LogP contribution >= 0.6 is 27.3 Å². The van der Waals surface area contributed by atoms with Gasteiger partial charge in [-0.05, 0) is 39.8 Å². The molecule has 0 saturated heterocycles. The zero-order valence-electron chi connectivity index (χ0n) is 11.7. The fourth-order valence-electron chi connectivity index (χ4n) is 1.98. The topological polar surface area (TPSA) is 22.1 Å². The van der Waals surface area contributed by atoms with Crippen molar-refractivity contribution in [3.8, 4) is 11.3 Å². The molecular formula is C15H18BrNOS. The number of benzene rings is 1. The Morgan fingerprint density at radius 3 is 2.74 bits per heavy atom. The third kappa shape index (κ3) is 3.25. The van der Waals surface area contributed by atoms with Crippen LogP contribution in [0, 0.1) is 6.92 Å². The van der Waals surface area contributed by atoms with Crippen LogP contribution in [0.2, 0.25) is 0 Å². The minimum absolute atomic E-state index is 0.325. The molecule has 4 heteroatoms. The van der Waals surface area contributed by atoms with E-state index in [1.54, 1.807) is 11.3 Å². The van der Waals surface area contributed by atoms with Crippen LogP contribution in [-0.4, -0.2) is 11.6 Å². The van der Waals surface area contributed by atoms with Crippen LogP contribution in [0.25, 0.3) is 11.3 Å². The van der Waals surface area contributed by atoms with Crippen molar-refractivity contribution in [1.29, 1.82) is 0 Å². The van der Waals surface area contributed by atoms with Crippen molar-refractivity contribution < 1.29 is 4.74 Å². The number of aryl methyl sites for hydroxylation is 1. The SMILES string of the molecule is CCOC(C)(C)c1nc(-c2cccc(Br)c2)c(C)s1. The highest BCUT2D eigenvalue weighted by Crippen LogP contribution is 2.35. The van der Waals surface area contributed by atoms with Crippen LogP contribution in [0.3, 0.4) is 0 Å². The van der Waals surface area contributed by atoms with E-state index in [0.29, 0.717) is 6.61 Å². The van der Waals surface area contributed by atoms with Crippen LogP contribution in [-0.2, 0) is 10.3 Å². The Morgan fingerprint density at radius 1 is 1.37 bits per heavy atom. The van der Waals surface area contributed by atoms with Crippen molar-refractivity contribution in [2.24, 2.45) is 0 Å². The maximum Gasteiger partial charge on any atom is 0.125 e. The summed E-state index contributed by atoms with van der Waals surface area (Å²) in [5.74, 6) is 0. The lowest BCUT2D eigenvalue weighted by atomic mass is 10.1. The number of rotatable bonds is 4. The number of halogens is 1. The zero-order valence-corrected chi connectivity index (χ0v) is 14.1. The molecule has 2 rings (SSSR count). The fraction of sp³-hybridized carbons (Fsp3) is 0.400. The average Bonchev–Trinajstić information content (AvgIpc) is 2.72. The summed E-state index contributed by atoms with van der Waals surface area (Å²) in [7, 11) is 0. The van der Waals surface area contributed by atoms with E-state index >= 15 is 0 Å². The molecule has 19 heavy (non-hydrogen) atoms. The van der Waals surface area contributed by atoms with Gasteiger partial charge >= 0.3 is 0 Å². The summed E-state index contributed by atoms with van der Waals surface area (Å²) < 4.78 is 6.85. The molecule has 1 aromatic carbocycles. The number of aromatic nitrogens is 1. The van der Waals surface area contributed by atoms with Crippen LogP contribution < -0.4 is 0 Å². The molecule has 0 aliphatic heterocycles. The second-order valence-corrected chi connectivity index (χ2v) is 7.00. The molecule has 0 spiro atoms. The molecule has 0 N–H and O–H groups in total. The first-order chi connectivity index (χ1) is 8.94. The van der Waals surface area contributed by atoms with Gasteiger partial charge in [-0.2, -0.15) is 0 Å². The molecule has 102 valence electrons.